The maximum Gasteiger partial charge on any atom is 0.294 e. The molecule has 0 saturated heterocycles. The van der Waals surface area contributed by atoms with E-state index in [4.69, 9.17) is 5.73 Å². The number of carbonyl (C=O) groups excluding carboxylic acids is 1. The van der Waals surface area contributed by atoms with E-state index in [1.807, 2.05) is 31.2 Å². The number of nitrogens with one attached hydrogen (secondary N) is 1. The van der Waals surface area contributed by atoms with Gasteiger partial charge in [-0.25, -0.2) is 10.1 Å². The van der Waals surface area contributed by atoms with Crippen molar-refractivity contribution in [1.82, 2.24) is 30.7 Å². The largest absolute Gasteiger partial charge is 0.378 e. The highest BCUT2D eigenvalue weighted by Crippen LogP contribution is 2.28. The number of amides is 1. The van der Waals surface area contributed by atoms with E-state index in [1.54, 1.807) is 0 Å². The topological polar surface area (TPSA) is 180 Å². The van der Waals surface area contributed by atoms with Crippen LogP contribution >= 0.6 is 0 Å². The number of hydrogen-bond acceptors (Lipinski definition) is 10. The summed E-state index contributed by atoms with van der Waals surface area (Å²) >= 11 is 0. The second kappa shape index (κ2) is 8.43. The number of hydrazone groups is 1. The molecule has 0 saturated carbocycles. The molecule has 4 rings (SSSR count). The number of anilines is 1. The molecule has 0 fully saturated rings. The number of aromatic nitrogens is 5. The first-order valence-corrected chi connectivity index (χ1v) is 9.13. The number of rotatable bonds is 6. The van der Waals surface area contributed by atoms with Crippen LogP contribution in [0, 0.1) is 17.0 Å². The summed E-state index contributed by atoms with van der Waals surface area (Å²) in [4.78, 5) is 23.2. The molecule has 2 heterocycles. The Kier molecular flexibility index (Phi) is 5.36. The van der Waals surface area contributed by atoms with Crippen molar-refractivity contribution >= 4 is 23.6 Å². The molecule has 0 spiro atoms. The number of nitro groups is 1. The number of non-ortho nitro benzene ring substituents is 1. The quantitative estimate of drug-likeness (QED) is 0.261. The normalized spacial score (nSPS) is 11.0. The lowest BCUT2D eigenvalue weighted by Gasteiger charge is -2.05. The molecule has 0 radical (unpaired) electrons. The van der Waals surface area contributed by atoms with Crippen LogP contribution in [0.15, 0.2) is 58.3 Å². The Morgan fingerprint density at radius 1 is 1.19 bits per heavy atom. The van der Waals surface area contributed by atoms with Crippen LogP contribution in [0.2, 0.25) is 0 Å². The molecular formula is C19H15N9O4. The first-order chi connectivity index (χ1) is 15.4. The van der Waals surface area contributed by atoms with Gasteiger partial charge in [0, 0.05) is 17.7 Å². The van der Waals surface area contributed by atoms with Crippen LogP contribution in [0.4, 0.5) is 11.5 Å². The molecule has 13 heteroatoms. The van der Waals surface area contributed by atoms with E-state index < -0.39 is 10.8 Å². The zero-order valence-corrected chi connectivity index (χ0v) is 16.5. The fourth-order valence-electron chi connectivity index (χ4n) is 2.79. The van der Waals surface area contributed by atoms with E-state index in [9.17, 15) is 14.9 Å². The zero-order chi connectivity index (χ0) is 22.7. The average Bonchev–Trinajstić information content (AvgIpc) is 3.41. The molecule has 0 atom stereocenters. The number of nitro benzene ring substituents is 1. The van der Waals surface area contributed by atoms with Crippen LogP contribution in [0.25, 0.3) is 17.1 Å². The molecule has 160 valence electrons. The third-order valence-electron chi connectivity index (χ3n) is 4.39. The van der Waals surface area contributed by atoms with Crippen LogP contribution in [-0.4, -0.2) is 42.4 Å². The van der Waals surface area contributed by atoms with E-state index in [1.165, 1.54) is 30.5 Å². The number of nitrogens with two attached hydrogens (primary N) is 1. The van der Waals surface area contributed by atoms with Gasteiger partial charge < -0.3 is 5.73 Å². The highest BCUT2D eigenvalue weighted by molar-refractivity contribution is 5.98. The summed E-state index contributed by atoms with van der Waals surface area (Å²) in [7, 11) is 0. The summed E-state index contributed by atoms with van der Waals surface area (Å²) in [6.07, 6.45) is 1.48. The number of carbonyl (C=O) groups is 1. The molecule has 0 aliphatic carbocycles. The van der Waals surface area contributed by atoms with Gasteiger partial charge in [-0.2, -0.15) is 9.78 Å². The highest BCUT2D eigenvalue weighted by atomic mass is 16.6. The predicted octanol–water partition coefficient (Wildman–Crippen LogP) is 1.88. The molecular weight excluding hydrogens is 418 g/mol. The summed E-state index contributed by atoms with van der Waals surface area (Å²) in [6, 6.07) is 13.0. The SMILES string of the molecule is Cc1ccc(/C=N/NC(=O)c2nnn(-c3nonc3N)c2-c2ccc([N+](=O)[O-])cc2)cc1. The van der Waals surface area contributed by atoms with Crippen molar-refractivity contribution in [2.24, 2.45) is 5.10 Å². The Balaban J connectivity index is 1.69. The molecule has 2 aromatic carbocycles. The smallest absolute Gasteiger partial charge is 0.294 e. The number of aryl methyl sites for hydroxylation is 1. The lowest BCUT2D eigenvalue weighted by Crippen LogP contribution is -2.19. The Hall–Kier alpha value is -4.94. The first-order valence-electron chi connectivity index (χ1n) is 9.13. The average molecular weight is 433 g/mol. The second-order valence-electron chi connectivity index (χ2n) is 6.59. The maximum absolute atomic E-state index is 12.8. The standard InChI is InChI=1S/C19H15N9O4/c1-11-2-4-12(5-3-11)10-21-23-19(29)15-16(13-6-8-14(9-7-13)28(30)31)27(26-22-15)18-17(20)24-32-25-18/h2-10H,1H3,(H2,20,24)(H,23,29)/b21-10+. The van der Waals surface area contributed by atoms with Gasteiger partial charge in [0.05, 0.1) is 11.1 Å². The Morgan fingerprint density at radius 3 is 2.53 bits per heavy atom. The van der Waals surface area contributed by atoms with Gasteiger partial charge >= 0.3 is 0 Å². The van der Waals surface area contributed by atoms with Crippen molar-refractivity contribution in [2.45, 2.75) is 6.92 Å². The fourth-order valence-corrected chi connectivity index (χ4v) is 2.79. The van der Waals surface area contributed by atoms with Crippen molar-refractivity contribution in [1.29, 1.82) is 0 Å². The number of nitrogen functional groups attached to an aromatic ring is 1. The third-order valence-corrected chi connectivity index (χ3v) is 4.39. The molecule has 2 aromatic heterocycles. The van der Waals surface area contributed by atoms with Crippen LogP contribution in [0.5, 0.6) is 0 Å². The van der Waals surface area contributed by atoms with Crippen molar-refractivity contribution in [2.75, 3.05) is 5.73 Å². The van der Waals surface area contributed by atoms with Crippen LogP contribution in [0.3, 0.4) is 0 Å². The van der Waals surface area contributed by atoms with E-state index in [0.717, 1.165) is 15.8 Å². The number of benzene rings is 2. The molecule has 13 nitrogen and oxygen atoms in total. The minimum atomic E-state index is -0.664. The molecule has 4 aromatic rings. The van der Waals surface area contributed by atoms with Gasteiger partial charge in [-0.05, 0) is 34.9 Å². The van der Waals surface area contributed by atoms with Gasteiger partial charge in [-0.15, -0.1) is 5.10 Å². The molecule has 0 unspecified atom stereocenters. The summed E-state index contributed by atoms with van der Waals surface area (Å²) in [6.45, 7) is 1.96. The third kappa shape index (κ3) is 4.02. The fraction of sp³-hybridized carbons (Fsp3) is 0.0526. The number of nitrogens with zero attached hydrogens (tertiary/aromatic N) is 7. The van der Waals surface area contributed by atoms with Gasteiger partial charge in [-0.3, -0.25) is 14.9 Å². The van der Waals surface area contributed by atoms with Crippen LogP contribution in [-0.2, 0) is 0 Å². The van der Waals surface area contributed by atoms with Gasteiger partial charge in [0.1, 0.15) is 5.69 Å². The van der Waals surface area contributed by atoms with Gasteiger partial charge in [-0.1, -0.05) is 35.0 Å². The Morgan fingerprint density at radius 2 is 1.91 bits per heavy atom. The molecule has 0 bridgehead atoms. The van der Waals surface area contributed by atoms with Crippen molar-refractivity contribution in [3.05, 3.63) is 75.5 Å². The molecule has 3 N–H and O–H groups in total. The summed E-state index contributed by atoms with van der Waals surface area (Å²) < 4.78 is 5.76. The monoisotopic (exact) mass is 433 g/mol. The van der Waals surface area contributed by atoms with E-state index in [2.05, 4.69) is 35.8 Å². The van der Waals surface area contributed by atoms with Gasteiger partial charge in [0.15, 0.2) is 5.69 Å². The minimum absolute atomic E-state index is 0.00746. The Labute approximate surface area is 179 Å². The van der Waals surface area contributed by atoms with Crippen molar-refractivity contribution in [3.63, 3.8) is 0 Å². The zero-order valence-electron chi connectivity index (χ0n) is 16.5. The first kappa shape index (κ1) is 20.3. The molecule has 0 aliphatic rings. The lowest BCUT2D eigenvalue weighted by atomic mass is 10.1. The maximum atomic E-state index is 12.8. The van der Waals surface area contributed by atoms with Crippen molar-refractivity contribution < 1.29 is 14.3 Å². The highest BCUT2D eigenvalue weighted by Gasteiger charge is 2.25. The van der Waals surface area contributed by atoms with Crippen LogP contribution < -0.4 is 11.2 Å². The summed E-state index contributed by atoms with van der Waals surface area (Å²) in [5.74, 6) is -0.738. The van der Waals surface area contributed by atoms with Gasteiger partial charge in [0.2, 0.25) is 11.6 Å². The van der Waals surface area contributed by atoms with Crippen LogP contribution in [0.1, 0.15) is 21.6 Å². The van der Waals surface area contributed by atoms with E-state index in [-0.39, 0.29) is 28.7 Å². The second-order valence-corrected chi connectivity index (χ2v) is 6.59. The van der Waals surface area contributed by atoms with E-state index in [0.29, 0.717) is 5.56 Å². The molecule has 32 heavy (non-hydrogen) atoms. The van der Waals surface area contributed by atoms with Gasteiger partial charge in [0.25, 0.3) is 11.6 Å². The number of hydrogen-bond donors (Lipinski definition) is 2. The molecule has 1 amide bonds. The summed E-state index contributed by atoms with van der Waals surface area (Å²) in [5.41, 5.74) is 10.4. The van der Waals surface area contributed by atoms with E-state index >= 15 is 0 Å². The Bertz CT molecular complexity index is 1310. The van der Waals surface area contributed by atoms with Crippen molar-refractivity contribution in [3.8, 4) is 17.1 Å². The predicted molar refractivity (Wildman–Crippen MR) is 112 cm³/mol. The minimum Gasteiger partial charge on any atom is -0.378 e. The summed E-state index contributed by atoms with van der Waals surface area (Å²) in [5, 5.41) is 29.9. The molecule has 0 aliphatic heterocycles. The lowest BCUT2D eigenvalue weighted by molar-refractivity contribution is -0.384.